The SMILES string of the molecule is CCC[CH2][Sn]([CH2]CCC)([CH2]CCC)[c]1cc(N(C)C)ccn1.CN(C)CCO.CN(C)c1ccncc1. The third-order valence-electron chi connectivity index (χ3n) is 6.56. The van der Waals surface area contributed by atoms with Gasteiger partial charge < -0.3 is 14.9 Å². The van der Waals surface area contributed by atoms with Gasteiger partial charge in [-0.3, -0.25) is 4.98 Å². The number of pyridine rings is 2. The van der Waals surface area contributed by atoms with E-state index in [0.717, 1.165) is 6.54 Å². The molecule has 0 aromatic carbocycles. The van der Waals surface area contributed by atoms with E-state index in [2.05, 4.69) is 63.1 Å². The van der Waals surface area contributed by atoms with Crippen molar-refractivity contribution in [3.63, 3.8) is 0 Å². The summed E-state index contributed by atoms with van der Waals surface area (Å²) >= 11 is -2.34. The summed E-state index contributed by atoms with van der Waals surface area (Å²) in [5.41, 5.74) is 2.51. The molecule has 0 aliphatic rings. The van der Waals surface area contributed by atoms with Crippen molar-refractivity contribution in [3.05, 3.63) is 42.9 Å². The molecule has 7 heteroatoms. The molecule has 0 aliphatic carbocycles. The van der Waals surface area contributed by atoms with Crippen LogP contribution in [0.25, 0.3) is 0 Å². The van der Waals surface area contributed by atoms with Crippen molar-refractivity contribution in [3.8, 4) is 0 Å². The average Bonchev–Trinajstić information content (AvgIpc) is 2.89. The van der Waals surface area contributed by atoms with Gasteiger partial charge in [0.05, 0.1) is 6.61 Å². The number of aliphatic hydroxyl groups is 1. The second-order valence-electron chi connectivity index (χ2n) is 10.5. The number of hydrogen-bond donors (Lipinski definition) is 1. The van der Waals surface area contributed by atoms with Gasteiger partial charge in [-0.25, -0.2) is 0 Å². The second-order valence-corrected chi connectivity index (χ2v) is 23.6. The summed E-state index contributed by atoms with van der Waals surface area (Å²) in [5, 5.41) is 8.20. The fourth-order valence-electron chi connectivity index (χ4n) is 4.13. The molecule has 2 heterocycles. The Morgan fingerprint density at radius 3 is 1.49 bits per heavy atom. The van der Waals surface area contributed by atoms with Crippen molar-refractivity contribution < 1.29 is 5.11 Å². The Labute approximate surface area is 233 Å². The predicted molar refractivity (Wildman–Crippen MR) is 167 cm³/mol. The Bertz CT molecular complexity index is 765. The van der Waals surface area contributed by atoms with Gasteiger partial charge in [0.15, 0.2) is 0 Å². The Kier molecular flexibility index (Phi) is 20.7. The third kappa shape index (κ3) is 15.6. The minimum Gasteiger partial charge on any atom is -0.395 e. The van der Waals surface area contributed by atoms with Gasteiger partial charge in [-0.05, 0) is 26.2 Å². The molecule has 0 saturated carbocycles. The maximum absolute atomic E-state index is 8.20. The summed E-state index contributed by atoms with van der Waals surface area (Å²) < 4.78 is 6.02. The molecular formula is C30H57N5OSn. The number of aliphatic hydroxyl groups excluding tert-OH is 1. The molecule has 0 spiro atoms. The molecule has 6 nitrogen and oxygen atoms in total. The van der Waals surface area contributed by atoms with Crippen LogP contribution in [0.2, 0.25) is 13.3 Å². The van der Waals surface area contributed by atoms with Gasteiger partial charge in [-0.15, -0.1) is 0 Å². The van der Waals surface area contributed by atoms with Crippen molar-refractivity contribution in [2.24, 2.45) is 0 Å². The maximum atomic E-state index is 8.20. The zero-order valence-corrected chi connectivity index (χ0v) is 28.4. The van der Waals surface area contributed by atoms with Crippen LogP contribution in [0.5, 0.6) is 0 Å². The van der Waals surface area contributed by atoms with Crippen LogP contribution >= 0.6 is 0 Å². The number of aromatic nitrogens is 2. The van der Waals surface area contributed by atoms with Gasteiger partial charge in [0.25, 0.3) is 0 Å². The first kappa shape index (κ1) is 35.6. The van der Waals surface area contributed by atoms with E-state index >= 15 is 0 Å². The van der Waals surface area contributed by atoms with Crippen LogP contribution in [0, 0.1) is 0 Å². The normalized spacial score (nSPS) is 10.8. The van der Waals surface area contributed by atoms with E-state index < -0.39 is 18.4 Å². The summed E-state index contributed by atoms with van der Waals surface area (Å²) in [4.78, 5) is 15.0. The smallest absolute Gasteiger partial charge is 0.0558 e. The van der Waals surface area contributed by atoms with Gasteiger partial charge in [0.1, 0.15) is 0 Å². The maximum Gasteiger partial charge on any atom is 0.0558 e. The molecule has 2 aromatic rings. The molecule has 0 fully saturated rings. The standard InChI is InChI=1S/C7H10N2.C7H9N2.C4H11NO.3C4H9.Sn/c2*1-9(2)7-3-5-8-6-4-7;1-5(2)3-4-6;3*1-3-4-2;/h3-6H,1-2H3;3-5H,1-2H3;6H,3-4H2,1-2H3;3*1,3-4H2,2H3;. The van der Waals surface area contributed by atoms with E-state index in [0.29, 0.717) is 0 Å². The minimum atomic E-state index is -2.34. The molecule has 0 bridgehead atoms. The molecule has 37 heavy (non-hydrogen) atoms. The number of unbranched alkanes of at least 4 members (excludes halogenated alkanes) is 3. The van der Waals surface area contributed by atoms with Crippen molar-refractivity contribution in [2.75, 3.05) is 65.2 Å². The molecule has 0 atom stereocenters. The van der Waals surface area contributed by atoms with Crippen LogP contribution in [0.3, 0.4) is 0 Å². The predicted octanol–water partition coefficient (Wildman–Crippen LogP) is 5.89. The molecule has 0 amide bonds. The molecule has 2 aromatic heterocycles. The largest absolute Gasteiger partial charge is 0.395 e. The van der Waals surface area contributed by atoms with Crippen LogP contribution in [0.1, 0.15) is 59.3 Å². The van der Waals surface area contributed by atoms with Gasteiger partial charge in [0.2, 0.25) is 0 Å². The molecule has 2 rings (SSSR count). The number of rotatable bonds is 14. The molecular weight excluding hydrogens is 565 g/mol. The van der Waals surface area contributed by atoms with Crippen LogP contribution in [0.15, 0.2) is 42.9 Å². The quantitative estimate of drug-likeness (QED) is 0.265. The first-order valence-electron chi connectivity index (χ1n) is 14.1. The zero-order valence-electron chi connectivity index (χ0n) is 25.5. The summed E-state index contributed by atoms with van der Waals surface area (Å²) in [7, 11) is 12.2. The van der Waals surface area contributed by atoms with Crippen molar-refractivity contribution in [1.29, 1.82) is 0 Å². The van der Waals surface area contributed by atoms with Crippen molar-refractivity contribution in [1.82, 2.24) is 14.9 Å². The first-order chi connectivity index (χ1) is 17.7. The third-order valence-corrected chi connectivity index (χ3v) is 21.7. The van der Waals surface area contributed by atoms with Crippen molar-refractivity contribution in [2.45, 2.75) is 72.6 Å². The Morgan fingerprint density at radius 2 is 1.16 bits per heavy atom. The Morgan fingerprint density at radius 1 is 0.703 bits per heavy atom. The number of anilines is 2. The fraction of sp³-hybridized carbons (Fsp3) is 0.667. The van der Waals surface area contributed by atoms with Crippen LogP contribution < -0.4 is 13.5 Å². The van der Waals surface area contributed by atoms with Crippen LogP contribution in [0.4, 0.5) is 11.4 Å². The first-order valence-corrected chi connectivity index (χ1v) is 21.6. The van der Waals surface area contributed by atoms with Crippen LogP contribution in [-0.4, -0.2) is 93.8 Å². The summed E-state index contributed by atoms with van der Waals surface area (Å²) in [6.45, 7) is 8.02. The molecule has 0 saturated heterocycles. The van der Waals surface area contributed by atoms with Gasteiger partial charge in [-0.2, -0.15) is 0 Å². The second kappa shape index (κ2) is 21.5. The number of hydrogen-bond acceptors (Lipinski definition) is 6. The zero-order chi connectivity index (χ0) is 28.1. The van der Waals surface area contributed by atoms with E-state index in [1.807, 2.05) is 50.1 Å². The molecule has 0 aliphatic heterocycles. The molecule has 0 unspecified atom stereocenters. The molecule has 1 N–H and O–H groups in total. The number of nitrogens with zero attached hydrogens (tertiary/aromatic N) is 5. The van der Waals surface area contributed by atoms with Gasteiger partial charge in [0, 0.05) is 38.7 Å². The van der Waals surface area contributed by atoms with E-state index in [-0.39, 0.29) is 6.61 Å². The van der Waals surface area contributed by atoms with E-state index in [1.165, 1.54) is 66.9 Å². The average molecular weight is 623 g/mol. The minimum absolute atomic E-state index is 0.257. The molecule has 0 radical (unpaired) electrons. The van der Waals surface area contributed by atoms with Crippen LogP contribution in [-0.2, 0) is 0 Å². The summed E-state index contributed by atoms with van der Waals surface area (Å²) in [6, 6.07) is 8.52. The van der Waals surface area contributed by atoms with E-state index in [9.17, 15) is 0 Å². The van der Waals surface area contributed by atoms with E-state index in [1.54, 1.807) is 12.4 Å². The molecule has 212 valence electrons. The Balaban J connectivity index is 0.000000702. The van der Waals surface area contributed by atoms with Gasteiger partial charge >= 0.3 is 143 Å². The summed E-state index contributed by atoms with van der Waals surface area (Å²) in [5.74, 6) is 0. The van der Waals surface area contributed by atoms with Crippen molar-refractivity contribution >= 4 is 33.5 Å². The Hall–Kier alpha value is -1.38. The fourth-order valence-corrected chi connectivity index (χ4v) is 19.6. The monoisotopic (exact) mass is 623 g/mol. The van der Waals surface area contributed by atoms with E-state index in [4.69, 9.17) is 10.1 Å². The topological polar surface area (TPSA) is 55.7 Å². The number of likely N-dealkylation sites (N-methyl/N-ethyl adjacent to an activating group) is 1. The summed E-state index contributed by atoms with van der Waals surface area (Å²) in [6.07, 6.45) is 13.8. The van der Waals surface area contributed by atoms with Gasteiger partial charge in [-0.1, -0.05) is 0 Å².